The standard InChI is InChI=1S/C19H30N4O/c1-14-20-17(13-18(21-14)22(2)3)12-15-8-10-23(11-9-15)19(24)16-6-4-5-7-16/h13,15-16H,4-12H2,1-3H3. The van der Waals surface area contributed by atoms with Crippen molar-refractivity contribution in [2.45, 2.75) is 51.9 Å². The summed E-state index contributed by atoms with van der Waals surface area (Å²) in [5, 5.41) is 0. The van der Waals surface area contributed by atoms with E-state index in [2.05, 4.69) is 20.9 Å². The van der Waals surface area contributed by atoms with Gasteiger partial charge in [0.15, 0.2) is 0 Å². The van der Waals surface area contributed by atoms with Crippen LogP contribution in [-0.4, -0.2) is 48.0 Å². The second kappa shape index (κ2) is 7.49. The minimum absolute atomic E-state index is 0.314. The van der Waals surface area contributed by atoms with Crippen LogP contribution in [0.4, 0.5) is 5.82 Å². The molecule has 5 nitrogen and oxygen atoms in total. The van der Waals surface area contributed by atoms with E-state index in [1.54, 1.807) is 0 Å². The smallest absolute Gasteiger partial charge is 0.225 e. The molecule has 1 aromatic rings. The van der Waals surface area contributed by atoms with Crippen molar-refractivity contribution in [2.75, 3.05) is 32.1 Å². The van der Waals surface area contributed by atoms with E-state index in [1.165, 1.54) is 12.8 Å². The highest BCUT2D eigenvalue weighted by Gasteiger charge is 2.30. The molecule has 1 saturated heterocycles. The lowest BCUT2D eigenvalue weighted by Gasteiger charge is -2.33. The predicted octanol–water partition coefficient (Wildman–Crippen LogP) is 2.82. The average molecular weight is 330 g/mol. The van der Waals surface area contributed by atoms with E-state index in [1.807, 2.05) is 25.9 Å². The van der Waals surface area contributed by atoms with Gasteiger partial charge in [-0.2, -0.15) is 0 Å². The summed E-state index contributed by atoms with van der Waals surface area (Å²) in [5.41, 5.74) is 1.13. The molecular formula is C19H30N4O. The molecule has 0 N–H and O–H groups in total. The third kappa shape index (κ3) is 4.05. The Balaban J connectivity index is 1.54. The minimum Gasteiger partial charge on any atom is -0.363 e. The van der Waals surface area contributed by atoms with Crippen LogP contribution in [0, 0.1) is 18.8 Å². The molecule has 1 aliphatic carbocycles. The number of amides is 1. The van der Waals surface area contributed by atoms with Gasteiger partial charge in [-0.25, -0.2) is 9.97 Å². The molecule has 2 fully saturated rings. The molecule has 0 aromatic carbocycles. The first-order valence-electron chi connectivity index (χ1n) is 9.33. The highest BCUT2D eigenvalue weighted by atomic mass is 16.2. The molecule has 5 heteroatoms. The van der Waals surface area contributed by atoms with Gasteiger partial charge < -0.3 is 9.80 Å². The monoisotopic (exact) mass is 330 g/mol. The first-order chi connectivity index (χ1) is 11.5. The number of anilines is 1. The van der Waals surface area contributed by atoms with Gasteiger partial charge in [-0.1, -0.05) is 12.8 Å². The third-order valence-electron chi connectivity index (χ3n) is 5.46. The van der Waals surface area contributed by atoms with Crippen LogP contribution in [0.25, 0.3) is 0 Å². The lowest BCUT2D eigenvalue weighted by Crippen LogP contribution is -2.41. The van der Waals surface area contributed by atoms with E-state index in [9.17, 15) is 4.79 Å². The number of hydrogen-bond acceptors (Lipinski definition) is 4. The van der Waals surface area contributed by atoms with Crippen molar-refractivity contribution in [3.63, 3.8) is 0 Å². The Morgan fingerprint density at radius 3 is 2.46 bits per heavy atom. The van der Waals surface area contributed by atoms with Gasteiger partial charge in [-0.05, 0) is 44.9 Å². The summed E-state index contributed by atoms with van der Waals surface area (Å²) in [6.45, 7) is 3.80. The van der Waals surface area contributed by atoms with Crippen LogP contribution in [0.5, 0.6) is 0 Å². The second-order valence-corrected chi connectivity index (χ2v) is 7.61. The summed E-state index contributed by atoms with van der Waals surface area (Å²) in [6.07, 6.45) is 7.86. The first kappa shape index (κ1) is 17.2. The van der Waals surface area contributed by atoms with Crippen molar-refractivity contribution >= 4 is 11.7 Å². The molecule has 1 aliphatic heterocycles. The number of hydrogen-bond donors (Lipinski definition) is 0. The van der Waals surface area contributed by atoms with Crippen LogP contribution in [0.15, 0.2) is 6.07 Å². The van der Waals surface area contributed by atoms with E-state index in [0.29, 0.717) is 17.7 Å². The number of carbonyl (C=O) groups excluding carboxylic acids is 1. The third-order valence-corrected chi connectivity index (χ3v) is 5.46. The summed E-state index contributed by atoms with van der Waals surface area (Å²) in [7, 11) is 4.03. The number of aryl methyl sites for hydroxylation is 1. The van der Waals surface area contributed by atoms with Crippen LogP contribution in [0.1, 0.15) is 50.0 Å². The lowest BCUT2D eigenvalue weighted by atomic mass is 9.91. The Hall–Kier alpha value is -1.65. The molecule has 1 aromatic heterocycles. The minimum atomic E-state index is 0.314. The van der Waals surface area contributed by atoms with E-state index in [-0.39, 0.29) is 0 Å². The maximum atomic E-state index is 12.5. The predicted molar refractivity (Wildman–Crippen MR) is 96.1 cm³/mol. The molecule has 132 valence electrons. The number of likely N-dealkylation sites (tertiary alicyclic amines) is 1. The Kier molecular flexibility index (Phi) is 5.36. The van der Waals surface area contributed by atoms with E-state index < -0.39 is 0 Å². The first-order valence-corrected chi connectivity index (χ1v) is 9.33. The Bertz CT molecular complexity index is 573. The fourth-order valence-corrected chi connectivity index (χ4v) is 4.03. The second-order valence-electron chi connectivity index (χ2n) is 7.61. The van der Waals surface area contributed by atoms with Crippen molar-refractivity contribution in [3.05, 3.63) is 17.6 Å². The number of piperidine rings is 1. The molecule has 2 aliphatic rings. The van der Waals surface area contributed by atoms with Crippen LogP contribution in [0.2, 0.25) is 0 Å². The number of rotatable bonds is 4. The van der Waals surface area contributed by atoms with Gasteiger partial charge in [0.05, 0.1) is 0 Å². The van der Waals surface area contributed by atoms with Gasteiger partial charge in [0.25, 0.3) is 0 Å². The van der Waals surface area contributed by atoms with Gasteiger partial charge in [0.2, 0.25) is 5.91 Å². The van der Waals surface area contributed by atoms with Crippen molar-refractivity contribution < 1.29 is 4.79 Å². The molecule has 0 atom stereocenters. The van der Waals surface area contributed by atoms with Crippen molar-refractivity contribution in [3.8, 4) is 0 Å². The van der Waals surface area contributed by atoms with E-state index >= 15 is 0 Å². The van der Waals surface area contributed by atoms with Gasteiger partial charge >= 0.3 is 0 Å². The van der Waals surface area contributed by atoms with Gasteiger partial charge in [0.1, 0.15) is 11.6 Å². The summed E-state index contributed by atoms with van der Waals surface area (Å²) in [4.78, 5) is 25.7. The summed E-state index contributed by atoms with van der Waals surface area (Å²) >= 11 is 0. The zero-order valence-electron chi connectivity index (χ0n) is 15.3. The lowest BCUT2D eigenvalue weighted by molar-refractivity contribution is -0.136. The maximum absolute atomic E-state index is 12.5. The zero-order chi connectivity index (χ0) is 17.1. The van der Waals surface area contributed by atoms with Crippen molar-refractivity contribution in [1.82, 2.24) is 14.9 Å². The molecule has 0 unspecified atom stereocenters. The molecule has 24 heavy (non-hydrogen) atoms. The summed E-state index contributed by atoms with van der Waals surface area (Å²) in [6, 6.07) is 2.10. The maximum Gasteiger partial charge on any atom is 0.225 e. The van der Waals surface area contributed by atoms with Crippen LogP contribution < -0.4 is 4.90 Å². The molecular weight excluding hydrogens is 300 g/mol. The Morgan fingerprint density at radius 2 is 1.83 bits per heavy atom. The fourth-order valence-electron chi connectivity index (χ4n) is 4.03. The number of nitrogens with zero attached hydrogens (tertiary/aromatic N) is 4. The summed E-state index contributed by atoms with van der Waals surface area (Å²) < 4.78 is 0. The SMILES string of the molecule is Cc1nc(CC2CCN(C(=O)C3CCCC3)CC2)cc(N(C)C)n1. The van der Waals surface area contributed by atoms with Gasteiger partial charge in [0, 0.05) is 44.9 Å². The Labute approximate surface area is 145 Å². The van der Waals surface area contributed by atoms with Crippen LogP contribution in [0.3, 0.4) is 0 Å². The molecule has 3 rings (SSSR count). The largest absolute Gasteiger partial charge is 0.363 e. The van der Waals surface area contributed by atoms with Crippen molar-refractivity contribution in [2.24, 2.45) is 11.8 Å². The van der Waals surface area contributed by atoms with Gasteiger partial charge in [-0.15, -0.1) is 0 Å². The summed E-state index contributed by atoms with van der Waals surface area (Å²) in [5.74, 6) is 3.17. The van der Waals surface area contributed by atoms with Gasteiger partial charge in [-0.3, -0.25) is 4.79 Å². The molecule has 0 bridgehead atoms. The molecule has 1 saturated carbocycles. The topological polar surface area (TPSA) is 49.3 Å². The average Bonchev–Trinajstić information content (AvgIpc) is 3.09. The van der Waals surface area contributed by atoms with Crippen LogP contribution in [-0.2, 0) is 11.2 Å². The molecule has 2 heterocycles. The zero-order valence-corrected chi connectivity index (χ0v) is 15.3. The highest BCUT2D eigenvalue weighted by Crippen LogP contribution is 2.29. The highest BCUT2D eigenvalue weighted by molar-refractivity contribution is 5.79. The van der Waals surface area contributed by atoms with E-state index in [0.717, 1.165) is 62.5 Å². The molecule has 0 radical (unpaired) electrons. The molecule has 1 amide bonds. The van der Waals surface area contributed by atoms with E-state index in [4.69, 9.17) is 0 Å². The molecule has 0 spiro atoms. The Morgan fingerprint density at radius 1 is 1.17 bits per heavy atom. The normalized spacial score (nSPS) is 19.7. The van der Waals surface area contributed by atoms with Crippen molar-refractivity contribution in [1.29, 1.82) is 0 Å². The van der Waals surface area contributed by atoms with Crippen LogP contribution >= 0.6 is 0 Å². The number of carbonyl (C=O) groups is 1. The fraction of sp³-hybridized carbons (Fsp3) is 0.737. The number of aromatic nitrogens is 2. The quantitative estimate of drug-likeness (QED) is 0.852.